The highest BCUT2D eigenvalue weighted by Crippen LogP contribution is 2.32. The van der Waals surface area contributed by atoms with Gasteiger partial charge in [0.1, 0.15) is 11.7 Å². The maximum atomic E-state index is 12.3. The normalized spacial score (nSPS) is 21.3. The summed E-state index contributed by atoms with van der Waals surface area (Å²) in [5.74, 6) is -0.738. The zero-order valence-corrected chi connectivity index (χ0v) is 14.7. The third-order valence-electron chi connectivity index (χ3n) is 4.07. The van der Waals surface area contributed by atoms with Crippen LogP contribution < -0.4 is 10.0 Å². The van der Waals surface area contributed by atoms with Gasteiger partial charge in [-0.15, -0.1) is 0 Å². The average molecular weight is 355 g/mol. The van der Waals surface area contributed by atoms with E-state index in [1.54, 1.807) is 26.0 Å². The Labute approximate surface area is 141 Å². The number of hydrogen-bond acceptors (Lipinski definition) is 4. The molecule has 0 radical (unpaired) electrons. The van der Waals surface area contributed by atoms with Crippen molar-refractivity contribution < 1.29 is 22.6 Å². The second-order valence-electron chi connectivity index (χ2n) is 6.37. The Balaban J connectivity index is 2.29. The van der Waals surface area contributed by atoms with Crippen LogP contribution in [0.25, 0.3) is 0 Å². The third kappa shape index (κ3) is 3.68. The van der Waals surface area contributed by atoms with E-state index in [4.69, 9.17) is 4.55 Å². The van der Waals surface area contributed by atoms with E-state index >= 15 is 0 Å². The topological polar surface area (TPSA) is 116 Å². The minimum Gasteiger partial charge on any atom is -0.332 e. The standard InChI is InChI=1S/C15H21N3O5S/c1-9(11-5-7-12(8-6-11)17-24(21,22)23)13-14(20)16-15(3,4)18(13)10(2)19/h5-9,13,17H,1-4H3,(H,16,20)(H,21,22,23). The Morgan fingerprint density at radius 1 is 1.33 bits per heavy atom. The lowest BCUT2D eigenvalue weighted by Gasteiger charge is -2.35. The average Bonchev–Trinajstić information content (AvgIpc) is 2.66. The number of carbonyl (C=O) groups is 2. The Morgan fingerprint density at radius 3 is 2.33 bits per heavy atom. The van der Waals surface area contributed by atoms with Gasteiger partial charge >= 0.3 is 10.3 Å². The Kier molecular flexibility index (Phi) is 4.60. The molecule has 0 aromatic heterocycles. The van der Waals surface area contributed by atoms with Gasteiger partial charge in [0.2, 0.25) is 11.8 Å². The molecule has 1 aromatic rings. The molecule has 2 rings (SSSR count). The fourth-order valence-corrected chi connectivity index (χ4v) is 3.56. The van der Waals surface area contributed by atoms with Crippen LogP contribution in [0.5, 0.6) is 0 Å². The van der Waals surface area contributed by atoms with Crippen molar-refractivity contribution >= 4 is 27.8 Å². The molecule has 0 saturated carbocycles. The van der Waals surface area contributed by atoms with Crippen molar-refractivity contribution in [2.45, 2.75) is 45.3 Å². The lowest BCUT2D eigenvalue weighted by atomic mass is 9.92. The SMILES string of the molecule is CC(=O)N1C(C(C)c2ccc(NS(=O)(=O)O)cc2)C(=O)NC1(C)C. The van der Waals surface area contributed by atoms with E-state index in [1.165, 1.54) is 24.0 Å². The number of nitrogens with zero attached hydrogens (tertiary/aromatic N) is 1. The van der Waals surface area contributed by atoms with Crippen LogP contribution in [0.15, 0.2) is 24.3 Å². The molecule has 1 aliphatic heterocycles. The first-order valence-electron chi connectivity index (χ1n) is 7.39. The molecule has 2 atom stereocenters. The molecular formula is C15H21N3O5S. The summed E-state index contributed by atoms with van der Waals surface area (Å²) in [7, 11) is -4.34. The van der Waals surface area contributed by atoms with Crippen LogP contribution in [0.1, 0.15) is 39.2 Å². The molecular weight excluding hydrogens is 334 g/mol. The molecule has 2 unspecified atom stereocenters. The van der Waals surface area contributed by atoms with Gasteiger partial charge in [0.15, 0.2) is 0 Å². The van der Waals surface area contributed by atoms with Gasteiger partial charge in [-0.2, -0.15) is 8.42 Å². The largest absolute Gasteiger partial charge is 0.357 e. The molecule has 1 fully saturated rings. The second-order valence-corrected chi connectivity index (χ2v) is 7.52. The van der Waals surface area contributed by atoms with Gasteiger partial charge < -0.3 is 10.2 Å². The first-order chi connectivity index (χ1) is 10.9. The van der Waals surface area contributed by atoms with Crippen LogP contribution in [-0.4, -0.2) is 41.4 Å². The van der Waals surface area contributed by atoms with Crippen molar-refractivity contribution in [2.75, 3.05) is 4.72 Å². The van der Waals surface area contributed by atoms with Crippen molar-refractivity contribution in [2.24, 2.45) is 0 Å². The molecule has 1 aromatic carbocycles. The predicted molar refractivity (Wildman–Crippen MR) is 88.6 cm³/mol. The van der Waals surface area contributed by atoms with Crippen LogP contribution >= 0.6 is 0 Å². The van der Waals surface area contributed by atoms with E-state index in [-0.39, 0.29) is 23.4 Å². The van der Waals surface area contributed by atoms with Gasteiger partial charge in [-0.1, -0.05) is 19.1 Å². The summed E-state index contributed by atoms with van der Waals surface area (Å²) in [5, 5.41) is 2.81. The summed E-state index contributed by atoms with van der Waals surface area (Å²) >= 11 is 0. The number of hydrogen-bond donors (Lipinski definition) is 3. The van der Waals surface area contributed by atoms with Gasteiger partial charge in [-0.05, 0) is 31.5 Å². The minimum absolute atomic E-state index is 0.202. The number of carbonyl (C=O) groups excluding carboxylic acids is 2. The molecule has 1 heterocycles. The number of rotatable bonds is 4. The third-order valence-corrected chi connectivity index (χ3v) is 4.57. The molecule has 1 saturated heterocycles. The summed E-state index contributed by atoms with van der Waals surface area (Å²) in [4.78, 5) is 25.9. The van der Waals surface area contributed by atoms with Gasteiger partial charge in [0.25, 0.3) is 0 Å². The quantitative estimate of drug-likeness (QED) is 0.699. The van der Waals surface area contributed by atoms with Gasteiger partial charge in [-0.3, -0.25) is 18.9 Å². The number of nitrogens with one attached hydrogen (secondary N) is 2. The highest BCUT2D eigenvalue weighted by molar-refractivity contribution is 7.87. The van der Waals surface area contributed by atoms with Crippen LogP contribution in [0.4, 0.5) is 5.69 Å². The lowest BCUT2D eigenvalue weighted by Crippen LogP contribution is -2.51. The van der Waals surface area contributed by atoms with Crippen molar-refractivity contribution in [3.05, 3.63) is 29.8 Å². The number of amides is 2. The number of anilines is 1. The molecule has 0 bridgehead atoms. The van der Waals surface area contributed by atoms with Crippen molar-refractivity contribution in [3.63, 3.8) is 0 Å². The summed E-state index contributed by atoms with van der Waals surface area (Å²) in [6, 6.07) is 5.60. The summed E-state index contributed by atoms with van der Waals surface area (Å²) in [5.41, 5.74) is 0.196. The molecule has 3 N–H and O–H groups in total. The fourth-order valence-electron chi connectivity index (χ4n) is 3.13. The van der Waals surface area contributed by atoms with Gasteiger partial charge in [0, 0.05) is 12.8 Å². The lowest BCUT2D eigenvalue weighted by molar-refractivity contribution is -0.137. The monoisotopic (exact) mass is 355 g/mol. The zero-order chi connectivity index (χ0) is 18.3. The maximum absolute atomic E-state index is 12.3. The van der Waals surface area contributed by atoms with Gasteiger partial charge in [-0.25, -0.2) is 0 Å². The Hall–Kier alpha value is -2.13. The van der Waals surface area contributed by atoms with Crippen LogP contribution in [0.3, 0.4) is 0 Å². The minimum atomic E-state index is -4.34. The van der Waals surface area contributed by atoms with Gasteiger partial charge in [0.05, 0.1) is 5.69 Å². The van der Waals surface area contributed by atoms with E-state index in [9.17, 15) is 18.0 Å². The summed E-state index contributed by atoms with van der Waals surface area (Å²) < 4.78 is 32.3. The second kappa shape index (κ2) is 6.06. The van der Waals surface area contributed by atoms with E-state index in [2.05, 4.69) is 5.32 Å². The summed E-state index contributed by atoms with van der Waals surface area (Å²) in [6.45, 7) is 6.77. The Bertz CT molecular complexity index is 758. The Morgan fingerprint density at radius 2 is 1.88 bits per heavy atom. The van der Waals surface area contributed by atoms with Crippen molar-refractivity contribution in [1.29, 1.82) is 0 Å². The molecule has 1 aliphatic rings. The predicted octanol–water partition coefficient (Wildman–Crippen LogP) is 1.09. The first-order valence-corrected chi connectivity index (χ1v) is 8.83. The number of benzene rings is 1. The molecule has 132 valence electrons. The van der Waals surface area contributed by atoms with Crippen LogP contribution in [-0.2, 0) is 19.9 Å². The van der Waals surface area contributed by atoms with E-state index in [0.717, 1.165) is 5.56 Å². The highest BCUT2D eigenvalue weighted by Gasteiger charge is 2.48. The molecule has 0 spiro atoms. The smallest absolute Gasteiger partial charge is 0.332 e. The molecule has 8 nitrogen and oxygen atoms in total. The molecule has 9 heteroatoms. The highest BCUT2D eigenvalue weighted by atomic mass is 32.2. The van der Waals surface area contributed by atoms with Crippen molar-refractivity contribution in [3.8, 4) is 0 Å². The van der Waals surface area contributed by atoms with Crippen LogP contribution in [0.2, 0.25) is 0 Å². The molecule has 0 aliphatic carbocycles. The maximum Gasteiger partial charge on any atom is 0.357 e. The van der Waals surface area contributed by atoms with E-state index in [0.29, 0.717) is 0 Å². The molecule has 24 heavy (non-hydrogen) atoms. The van der Waals surface area contributed by atoms with Crippen LogP contribution in [0, 0.1) is 0 Å². The van der Waals surface area contributed by atoms with E-state index < -0.39 is 22.0 Å². The van der Waals surface area contributed by atoms with Crippen molar-refractivity contribution in [1.82, 2.24) is 10.2 Å². The molecule has 2 amide bonds. The fraction of sp³-hybridized carbons (Fsp3) is 0.467. The first kappa shape index (κ1) is 18.2. The zero-order valence-electron chi connectivity index (χ0n) is 13.9. The van der Waals surface area contributed by atoms with E-state index in [1.807, 2.05) is 11.6 Å². The summed E-state index contributed by atoms with van der Waals surface area (Å²) in [6.07, 6.45) is 0.